The molecule has 0 aliphatic rings. The summed E-state index contributed by atoms with van der Waals surface area (Å²) in [5.41, 5.74) is -1.30. The van der Waals surface area contributed by atoms with Crippen LogP contribution >= 0.6 is 0 Å². The first-order valence-electron chi connectivity index (χ1n) is 5.14. The van der Waals surface area contributed by atoms with Crippen LogP contribution in [0, 0.1) is 5.41 Å². The summed E-state index contributed by atoms with van der Waals surface area (Å²) >= 11 is 0. The molecule has 0 bridgehead atoms. The van der Waals surface area contributed by atoms with Crippen molar-refractivity contribution in [1.29, 1.82) is 0 Å². The van der Waals surface area contributed by atoms with Crippen molar-refractivity contribution in [2.75, 3.05) is 13.7 Å². The van der Waals surface area contributed by atoms with Crippen molar-refractivity contribution in [3.63, 3.8) is 0 Å². The van der Waals surface area contributed by atoms with Gasteiger partial charge in [0.2, 0.25) is 0 Å². The summed E-state index contributed by atoms with van der Waals surface area (Å²) in [7, 11) is 1.32. The normalized spacial score (nSPS) is 11.9. The molecule has 0 radical (unpaired) electrons. The monoisotopic (exact) mass is 232 g/mol. The molecule has 16 heavy (non-hydrogen) atoms. The lowest BCUT2D eigenvalue weighted by Gasteiger charge is -2.24. The van der Waals surface area contributed by atoms with Crippen LogP contribution in [0.2, 0.25) is 0 Å². The number of methoxy groups -OCH3 is 1. The van der Waals surface area contributed by atoms with Crippen molar-refractivity contribution in [1.82, 2.24) is 5.32 Å². The van der Waals surface area contributed by atoms with Crippen LogP contribution in [-0.2, 0) is 14.3 Å². The SMILES string of the molecule is CO[13C](=O)C(C)(C)CNC(=O)OC(C)(C)C. The third-order valence-electron chi connectivity index (χ3n) is 1.81. The summed E-state index contributed by atoms with van der Waals surface area (Å²) in [5, 5.41) is 2.53. The lowest BCUT2D eigenvalue weighted by Crippen LogP contribution is -2.41. The third kappa shape index (κ3) is 5.58. The van der Waals surface area contributed by atoms with Gasteiger partial charge in [0, 0.05) is 6.54 Å². The Balaban J connectivity index is 4.15. The molecule has 0 atom stereocenters. The zero-order chi connectivity index (χ0) is 13.0. The van der Waals surface area contributed by atoms with Gasteiger partial charge in [0.05, 0.1) is 12.5 Å². The predicted molar refractivity (Wildman–Crippen MR) is 60.0 cm³/mol. The average Bonchev–Trinajstić information content (AvgIpc) is 2.11. The Kier molecular flexibility index (Phi) is 4.78. The van der Waals surface area contributed by atoms with E-state index >= 15 is 0 Å². The highest BCUT2D eigenvalue weighted by molar-refractivity contribution is 5.77. The second-order valence-corrected chi connectivity index (χ2v) is 5.23. The molecule has 0 rings (SSSR count). The average molecular weight is 232 g/mol. The molecule has 1 amide bonds. The summed E-state index contributed by atoms with van der Waals surface area (Å²) in [4.78, 5) is 22.6. The second kappa shape index (κ2) is 5.18. The predicted octanol–water partition coefficient (Wildman–Crippen LogP) is 1.71. The molecule has 0 fully saturated rings. The fraction of sp³-hybridized carbons (Fsp3) is 0.818. The smallest absolute Gasteiger partial charge is 0.407 e. The quantitative estimate of drug-likeness (QED) is 0.594. The van der Waals surface area contributed by atoms with E-state index in [4.69, 9.17) is 4.74 Å². The van der Waals surface area contributed by atoms with Gasteiger partial charge in [-0.2, -0.15) is 0 Å². The minimum absolute atomic E-state index is 0.175. The fourth-order valence-electron chi connectivity index (χ4n) is 0.956. The Morgan fingerprint density at radius 2 is 1.62 bits per heavy atom. The highest BCUT2D eigenvalue weighted by atomic mass is 16.6. The lowest BCUT2D eigenvalue weighted by atomic mass is 10.0. The minimum Gasteiger partial charge on any atom is -0.469 e. The molecule has 94 valence electrons. The summed E-state index contributed by atoms with van der Waals surface area (Å²) in [6, 6.07) is 0. The van der Waals surface area contributed by atoms with Gasteiger partial charge in [-0.25, -0.2) is 4.79 Å². The summed E-state index contributed by atoms with van der Waals surface area (Å²) in [6.07, 6.45) is -0.538. The maximum absolute atomic E-state index is 11.3. The molecule has 0 unspecified atom stereocenters. The first-order chi connectivity index (χ1) is 7.08. The molecule has 5 nitrogen and oxygen atoms in total. The van der Waals surface area contributed by atoms with Gasteiger partial charge in [0.25, 0.3) is 0 Å². The maximum Gasteiger partial charge on any atom is 0.407 e. The van der Waals surface area contributed by atoms with Crippen LogP contribution in [0.1, 0.15) is 34.6 Å². The van der Waals surface area contributed by atoms with E-state index in [1.54, 1.807) is 34.6 Å². The van der Waals surface area contributed by atoms with Crippen molar-refractivity contribution < 1.29 is 19.1 Å². The van der Waals surface area contributed by atoms with Crippen LogP contribution < -0.4 is 5.32 Å². The molecule has 1 N–H and O–H groups in total. The van der Waals surface area contributed by atoms with E-state index in [0.717, 1.165) is 0 Å². The maximum atomic E-state index is 11.3. The molecule has 0 aliphatic carbocycles. The van der Waals surface area contributed by atoms with E-state index in [0.29, 0.717) is 0 Å². The van der Waals surface area contributed by atoms with Crippen LogP contribution in [0.4, 0.5) is 4.79 Å². The van der Waals surface area contributed by atoms with Crippen molar-refractivity contribution in [3.8, 4) is 0 Å². The van der Waals surface area contributed by atoms with Gasteiger partial charge in [-0.1, -0.05) is 0 Å². The lowest BCUT2D eigenvalue weighted by molar-refractivity contribution is -0.150. The fourth-order valence-corrected chi connectivity index (χ4v) is 0.956. The zero-order valence-corrected chi connectivity index (χ0v) is 10.8. The Labute approximate surface area is 96.5 Å². The highest BCUT2D eigenvalue weighted by Crippen LogP contribution is 2.15. The molecular weight excluding hydrogens is 211 g/mol. The van der Waals surface area contributed by atoms with Gasteiger partial charge in [-0.15, -0.1) is 0 Å². The van der Waals surface area contributed by atoms with Gasteiger partial charge in [0.15, 0.2) is 0 Å². The van der Waals surface area contributed by atoms with E-state index in [9.17, 15) is 9.59 Å². The van der Waals surface area contributed by atoms with Gasteiger partial charge < -0.3 is 14.8 Å². The van der Waals surface area contributed by atoms with Crippen molar-refractivity contribution in [2.45, 2.75) is 40.2 Å². The standard InChI is InChI=1S/C11H21NO4/c1-10(2,3)16-9(14)12-7-11(4,5)8(13)15-6/h7H2,1-6H3,(H,12,14)/i8+1. The second-order valence-electron chi connectivity index (χ2n) is 5.23. The summed E-state index contributed by atoms with van der Waals surface area (Å²) < 4.78 is 9.66. The molecule has 0 spiro atoms. The number of ether oxygens (including phenoxy) is 2. The largest absolute Gasteiger partial charge is 0.469 e. The van der Waals surface area contributed by atoms with Crippen LogP contribution in [0.25, 0.3) is 0 Å². The number of hydrogen-bond acceptors (Lipinski definition) is 4. The number of nitrogens with one attached hydrogen (secondary N) is 1. The van der Waals surface area contributed by atoms with Gasteiger partial charge in [-0.3, -0.25) is 4.79 Å². The first-order valence-corrected chi connectivity index (χ1v) is 5.14. The summed E-state index contributed by atoms with van der Waals surface area (Å²) in [5.74, 6) is -0.372. The van der Waals surface area contributed by atoms with Crippen LogP contribution in [0.15, 0.2) is 0 Å². The number of hydrogen-bond donors (Lipinski definition) is 1. The zero-order valence-electron chi connectivity index (χ0n) is 10.8. The molecule has 0 saturated heterocycles. The number of rotatable bonds is 3. The van der Waals surface area contributed by atoms with E-state index in [-0.39, 0.29) is 12.5 Å². The number of alkyl carbamates (subject to hydrolysis) is 1. The summed E-state index contributed by atoms with van der Waals surface area (Å²) in [6.45, 7) is 8.88. The third-order valence-corrected chi connectivity index (χ3v) is 1.81. The molecule has 0 aromatic rings. The molecular formula is C11H21NO4. The molecule has 0 aliphatic heterocycles. The molecule has 0 aromatic heterocycles. The van der Waals surface area contributed by atoms with E-state index < -0.39 is 17.1 Å². The Hall–Kier alpha value is -1.26. The number of amides is 1. The Morgan fingerprint density at radius 3 is 2.00 bits per heavy atom. The van der Waals surface area contributed by atoms with Crippen LogP contribution in [0.5, 0.6) is 0 Å². The first kappa shape index (κ1) is 14.7. The van der Waals surface area contributed by atoms with Gasteiger partial charge in [-0.05, 0) is 34.6 Å². The Bertz CT molecular complexity index is 266. The Morgan fingerprint density at radius 1 is 1.12 bits per heavy atom. The number of carbonyl (C=O) groups is 2. The highest BCUT2D eigenvalue weighted by Gasteiger charge is 2.29. The molecule has 0 saturated carbocycles. The molecule has 0 heterocycles. The minimum atomic E-state index is -0.758. The van der Waals surface area contributed by atoms with E-state index in [2.05, 4.69) is 10.1 Å². The number of carbonyl (C=O) groups excluding carboxylic acids is 2. The number of esters is 1. The van der Waals surface area contributed by atoms with Crippen LogP contribution in [-0.4, -0.2) is 31.3 Å². The van der Waals surface area contributed by atoms with Gasteiger partial charge >= 0.3 is 12.1 Å². The molecule has 0 aromatic carbocycles. The van der Waals surface area contributed by atoms with Gasteiger partial charge in [0.1, 0.15) is 5.60 Å². The van der Waals surface area contributed by atoms with E-state index in [1.165, 1.54) is 7.11 Å². The van der Waals surface area contributed by atoms with Crippen molar-refractivity contribution in [3.05, 3.63) is 0 Å². The van der Waals surface area contributed by atoms with Crippen LogP contribution in [0.3, 0.4) is 0 Å². The molecule has 5 heteroatoms. The van der Waals surface area contributed by atoms with E-state index in [1.807, 2.05) is 0 Å². The topological polar surface area (TPSA) is 64.6 Å². The van der Waals surface area contributed by atoms with Crippen molar-refractivity contribution >= 4 is 12.1 Å². The van der Waals surface area contributed by atoms with Crippen molar-refractivity contribution in [2.24, 2.45) is 5.41 Å².